The van der Waals surface area contributed by atoms with Crippen LogP contribution in [0.2, 0.25) is 10.0 Å². The highest BCUT2D eigenvalue weighted by Crippen LogP contribution is 2.28. The lowest BCUT2D eigenvalue weighted by atomic mass is 10.1. The van der Waals surface area contributed by atoms with E-state index in [4.69, 9.17) is 23.2 Å². The topological polar surface area (TPSA) is 83.4 Å². The van der Waals surface area contributed by atoms with Gasteiger partial charge < -0.3 is 15.2 Å². The number of anilines is 1. The van der Waals surface area contributed by atoms with Crippen LogP contribution in [0.5, 0.6) is 0 Å². The zero-order valence-corrected chi connectivity index (χ0v) is 22.0. The maximum Gasteiger partial charge on any atom is 0.329 e. The maximum absolute atomic E-state index is 13.1. The normalized spacial score (nSPS) is 14.4. The van der Waals surface area contributed by atoms with E-state index in [1.807, 2.05) is 66.2 Å². The van der Waals surface area contributed by atoms with Crippen molar-refractivity contribution in [3.05, 3.63) is 105 Å². The van der Waals surface area contributed by atoms with Gasteiger partial charge in [-0.05, 0) is 47.9 Å². The molecule has 1 aromatic heterocycles. The van der Waals surface area contributed by atoms with Gasteiger partial charge in [-0.15, -0.1) is 0 Å². The van der Waals surface area contributed by atoms with Gasteiger partial charge in [0.1, 0.15) is 12.2 Å². The molecule has 1 fully saturated rings. The van der Waals surface area contributed by atoms with Crippen LogP contribution >= 0.6 is 23.2 Å². The average molecular weight is 547 g/mol. The van der Waals surface area contributed by atoms with E-state index in [0.717, 1.165) is 38.9 Å². The third-order valence-electron chi connectivity index (χ3n) is 6.41. The van der Waals surface area contributed by atoms with Gasteiger partial charge >= 0.3 is 6.03 Å². The second kappa shape index (κ2) is 10.7. The van der Waals surface area contributed by atoms with Crippen molar-refractivity contribution in [3.8, 4) is 0 Å². The van der Waals surface area contributed by atoms with Crippen LogP contribution in [0, 0.1) is 0 Å². The standard InChI is InChI=1S/C29H24Cl2N4O3/c1-2-18-7-3-5-9-24(18)32-27(36)17-35-28(37)25(33-29(35)38)13-20-16-34(26-10-6-4-8-22(20)26)15-19-11-12-21(30)14-23(19)31/h3-14,16H,2,15,17H2,1H3,(H,32,36)(H,33,38)/b25-13+. The largest absolute Gasteiger partial charge is 0.342 e. The van der Waals surface area contributed by atoms with E-state index < -0.39 is 24.4 Å². The summed E-state index contributed by atoms with van der Waals surface area (Å²) in [5, 5.41) is 7.43. The summed E-state index contributed by atoms with van der Waals surface area (Å²) >= 11 is 12.4. The van der Waals surface area contributed by atoms with Gasteiger partial charge in [0, 0.05) is 44.9 Å². The molecule has 2 heterocycles. The van der Waals surface area contributed by atoms with Crippen molar-refractivity contribution in [2.24, 2.45) is 0 Å². The van der Waals surface area contributed by atoms with Crippen LogP contribution in [0.4, 0.5) is 10.5 Å². The van der Waals surface area contributed by atoms with Crippen LogP contribution in [0.3, 0.4) is 0 Å². The van der Waals surface area contributed by atoms with E-state index in [9.17, 15) is 14.4 Å². The van der Waals surface area contributed by atoms with E-state index in [0.29, 0.717) is 22.3 Å². The summed E-state index contributed by atoms with van der Waals surface area (Å²) in [6.07, 6.45) is 4.27. The van der Waals surface area contributed by atoms with Crippen LogP contribution < -0.4 is 10.6 Å². The SMILES string of the molecule is CCc1ccccc1NC(=O)CN1C(=O)N/C(=C/c2cn(Cc3ccc(Cl)cc3Cl)c3ccccc23)C1=O. The highest BCUT2D eigenvalue weighted by atomic mass is 35.5. The number of rotatable bonds is 7. The van der Waals surface area contributed by atoms with Crippen LogP contribution in [0.15, 0.2) is 78.6 Å². The third kappa shape index (κ3) is 5.16. The summed E-state index contributed by atoms with van der Waals surface area (Å²) in [6, 6.07) is 19.9. The van der Waals surface area contributed by atoms with Gasteiger partial charge in [-0.25, -0.2) is 9.69 Å². The van der Waals surface area contributed by atoms with Crippen molar-refractivity contribution in [2.45, 2.75) is 19.9 Å². The summed E-state index contributed by atoms with van der Waals surface area (Å²) in [6.45, 7) is 2.09. The fourth-order valence-corrected chi connectivity index (χ4v) is 4.98. The highest BCUT2D eigenvalue weighted by Gasteiger charge is 2.35. The number of para-hydroxylation sites is 2. The zero-order chi connectivity index (χ0) is 26.8. The number of carbonyl (C=O) groups excluding carboxylic acids is 3. The van der Waals surface area contributed by atoms with Gasteiger partial charge in [0.15, 0.2) is 0 Å². The molecule has 0 saturated carbocycles. The van der Waals surface area contributed by atoms with E-state index in [1.54, 1.807) is 24.3 Å². The third-order valence-corrected chi connectivity index (χ3v) is 7.00. The molecule has 1 aliphatic heterocycles. The summed E-state index contributed by atoms with van der Waals surface area (Å²) in [7, 11) is 0. The number of nitrogens with one attached hydrogen (secondary N) is 2. The molecule has 1 aliphatic rings. The number of hydrogen-bond donors (Lipinski definition) is 2. The van der Waals surface area contributed by atoms with Gasteiger partial charge in [0.05, 0.1) is 0 Å². The molecule has 0 radical (unpaired) electrons. The number of carbonyl (C=O) groups is 3. The number of hydrogen-bond acceptors (Lipinski definition) is 3. The number of aromatic nitrogens is 1. The highest BCUT2D eigenvalue weighted by molar-refractivity contribution is 6.35. The van der Waals surface area contributed by atoms with Gasteiger partial charge in [0.25, 0.3) is 5.91 Å². The Kier molecular flexibility index (Phi) is 7.22. The predicted molar refractivity (Wildman–Crippen MR) is 150 cm³/mol. The number of amides is 4. The Hall–Kier alpha value is -4.07. The van der Waals surface area contributed by atoms with Crippen molar-refractivity contribution in [3.63, 3.8) is 0 Å². The van der Waals surface area contributed by atoms with Gasteiger partial charge in [0.2, 0.25) is 5.91 Å². The summed E-state index contributed by atoms with van der Waals surface area (Å²) in [5.74, 6) is -1.02. The minimum Gasteiger partial charge on any atom is -0.342 e. The van der Waals surface area contributed by atoms with Crippen molar-refractivity contribution in [1.29, 1.82) is 0 Å². The predicted octanol–water partition coefficient (Wildman–Crippen LogP) is 6.09. The molecule has 4 amide bonds. The molecule has 9 heteroatoms. The molecule has 38 heavy (non-hydrogen) atoms. The molecular formula is C29H24Cl2N4O3. The van der Waals surface area contributed by atoms with Crippen molar-refractivity contribution in [1.82, 2.24) is 14.8 Å². The molecule has 7 nitrogen and oxygen atoms in total. The molecule has 3 aromatic carbocycles. The lowest BCUT2D eigenvalue weighted by Crippen LogP contribution is -2.38. The van der Waals surface area contributed by atoms with Crippen molar-refractivity contribution in [2.75, 3.05) is 11.9 Å². The lowest BCUT2D eigenvalue weighted by Gasteiger charge is -2.13. The van der Waals surface area contributed by atoms with Crippen molar-refractivity contribution < 1.29 is 14.4 Å². The first kappa shape index (κ1) is 25.6. The fraction of sp³-hybridized carbons (Fsp3) is 0.138. The molecule has 2 N–H and O–H groups in total. The number of urea groups is 1. The molecule has 0 bridgehead atoms. The first-order chi connectivity index (χ1) is 18.3. The second-order valence-electron chi connectivity index (χ2n) is 8.90. The first-order valence-electron chi connectivity index (χ1n) is 12.1. The Morgan fingerprint density at radius 2 is 1.76 bits per heavy atom. The molecule has 0 spiro atoms. The number of imide groups is 1. The van der Waals surface area contributed by atoms with Crippen molar-refractivity contribution >= 4 is 63.7 Å². The first-order valence-corrected chi connectivity index (χ1v) is 12.8. The van der Waals surface area contributed by atoms with Gasteiger partial charge in [-0.1, -0.05) is 72.6 Å². The smallest absolute Gasteiger partial charge is 0.329 e. The minimum atomic E-state index is -0.642. The molecule has 192 valence electrons. The van der Waals surface area contributed by atoms with Gasteiger partial charge in [-0.2, -0.15) is 0 Å². The molecule has 0 unspecified atom stereocenters. The van der Waals surface area contributed by atoms with Crippen LogP contribution in [0.25, 0.3) is 17.0 Å². The summed E-state index contributed by atoms with van der Waals surface area (Å²) in [5.41, 5.74) is 4.31. The Labute approximate surface area is 229 Å². The molecule has 5 rings (SSSR count). The van der Waals surface area contributed by atoms with E-state index in [1.165, 1.54) is 0 Å². The number of halogens is 2. The second-order valence-corrected chi connectivity index (χ2v) is 9.75. The zero-order valence-electron chi connectivity index (χ0n) is 20.5. The summed E-state index contributed by atoms with van der Waals surface area (Å²) in [4.78, 5) is 39.3. The fourth-order valence-electron chi connectivity index (χ4n) is 4.51. The molecular weight excluding hydrogens is 523 g/mol. The average Bonchev–Trinajstić information content (AvgIpc) is 3.38. The van der Waals surface area contributed by atoms with Crippen LogP contribution in [-0.2, 0) is 22.6 Å². The quantitative estimate of drug-likeness (QED) is 0.217. The Balaban J connectivity index is 1.38. The Morgan fingerprint density at radius 1 is 1.00 bits per heavy atom. The maximum atomic E-state index is 13.1. The molecule has 0 aliphatic carbocycles. The Bertz CT molecular complexity index is 1610. The van der Waals surface area contributed by atoms with Crippen LogP contribution in [-0.4, -0.2) is 33.9 Å². The minimum absolute atomic E-state index is 0.101. The number of aryl methyl sites for hydroxylation is 1. The van der Waals surface area contributed by atoms with E-state index in [2.05, 4.69) is 10.6 Å². The number of fused-ring (bicyclic) bond motifs is 1. The van der Waals surface area contributed by atoms with Crippen LogP contribution in [0.1, 0.15) is 23.6 Å². The Morgan fingerprint density at radius 3 is 2.55 bits per heavy atom. The van der Waals surface area contributed by atoms with Gasteiger partial charge in [-0.3, -0.25) is 9.59 Å². The number of nitrogens with zero attached hydrogens (tertiary/aromatic N) is 2. The molecule has 4 aromatic rings. The monoisotopic (exact) mass is 546 g/mol. The number of benzene rings is 3. The summed E-state index contributed by atoms with van der Waals surface area (Å²) < 4.78 is 2.02. The van der Waals surface area contributed by atoms with E-state index >= 15 is 0 Å². The molecule has 0 atom stereocenters. The van der Waals surface area contributed by atoms with E-state index in [-0.39, 0.29) is 5.70 Å². The molecule has 1 saturated heterocycles. The lowest BCUT2D eigenvalue weighted by molar-refractivity contribution is -0.127.